The Morgan fingerprint density at radius 3 is 2.67 bits per heavy atom. The first kappa shape index (κ1) is 19.8. The number of hydrogen-bond acceptors (Lipinski definition) is 4. The standard InChI is InChI=1S/C21H30N4OS/c1-2-23-20(24-15-18(26)17-8-12-22-13-9-17)25-16-21(10-4-3-5-11-21)19-7-6-14-27-19/h6-9,12-14,18,26H,2-5,10-11,15-16H2,1H3,(H2,23,24,25). The van der Waals surface area contributed by atoms with Crippen LogP contribution in [0.1, 0.15) is 55.6 Å². The van der Waals surface area contributed by atoms with Crippen molar-refractivity contribution in [2.75, 3.05) is 19.6 Å². The molecule has 3 N–H and O–H groups in total. The third kappa shape index (κ3) is 5.30. The summed E-state index contributed by atoms with van der Waals surface area (Å²) < 4.78 is 0. The number of rotatable bonds is 7. The highest BCUT2D eigenvalue weighted by Gasteiger charge is 2.34. The number of nitrogens with one attached hydrogen (secondary N) is 2. The highest BCUT2D eigenvalue weighted by atomic mass is 32.1. The van der Waals surface area contributed by atoms with E-state index in [2.05, 4.69) is 40.1 Å². The molecule has 0 radical (unpaired) electrons. The first-order valence-corrected chi connectivity index (χ1v) is 10.8. The van der Waals surface area contributed by atoms with Gasteiger partial charge in [-0.2, -0.15) is 0 Å². The van der Waals surface area contributed by atoms with Crippen LogP contribution in [0.15, 0.2) is 47.0 Å². The minimum Gasteiger partial charge on any atom is -0.387 e. The first-order valence-electron chi connectivity index (χ1n) is 9.88. The summed E-state index contributed by atoms with van der Waals surface area (Å²) >= 11 is 1.85. The zero-order valence-electron chi connectivity index (χ0n) is 16.0. The van der Waals surface area contributed by atoms with Crippen molar-refractivity contribution in [3.05, 3.63) is 52.5 Å². The van der Waals surface area contributed by atoms with Crippen molar-refractivity contribution in [2.45, 2.75) is 50.5 Å². The second-order valence-corrected chi connectivity index (χ2v) is 8.14. The van der Waals surface area contributed by atoms with Crippen LogP contribution in [0.3, 0.4) is 0 Å². The molecule has 0 aromatic carbocycles. The SMILES string of the molecule is CCNC(=NCC1(c2cccs2)CCCCC1)NCC(O)c1ccncc1. The van der Waals surface area contributed by atoms with Crippen molar-refractivity contribution in [2.24, 2.45) is 4.99 Å². The smallest absolute Gasteiger partial charge is 0.191 e. The molecular weight excluding hydrogens is 356 g/mol. The van der Waals surface area contributed by atoms with Gasteiger partial charge in [-0.15, -0.1) is 11.3 Å². The normalized spacial score (nSPS) is 18.1. The van der Waals surface area contributed by atoms with E-state index in [-0.39, 0.29) is 5.41 Å². The average Bonchev–Trinajstić information content (AvgIpc) is 3.27. The monoisotopic (exact) mass is 386 g/mol. The lowest BCUT2D eigenvalue weighted by atomic mass is 9.73. The van der Waals surface area contributed by atoms with Crippen LogP contribution >= 0.6 is 11.3 Å². The van der Waals surface area contributed by atoms with Gasteiger partial charge in [-0.1, -0.05) is 25.3 Å². The molecule has 0 saturated heterocycles. The highest BCUT2D eigenvalue weighted by molar-refractivity contribution is 7.10. The van der Waals surface area contributed by atoms with Gasteiger partial charge in [0.25, 0.3) is 0 Å². The third-order valence-electron chi connectivity index (χ3n) is 5.29. The van der Waals surface area contributed by atoms with Gasteiger partial charge in [0.15, 0.2) is 5.96 Å². The Morgan fingerprint density at radius 1 is 1.22 bits per heavy atom. The number of pyridine rings is 1. The van der Waals surface area contributed by atoms with Crippen LogP contribution < -0.4 is 10.6 Å². The fourth-order valence-corrected chi connectivity index (χ4v) is 4.74. The van der Waals surface area contributed by atoms with Crippen LogP contribution in [-0.4, -0.2) is 35.7 Å². The van der Waals surface area contributed by atoms with E-state index in [1.807, 2.05) is 23.5 Å². The molecule has 1 aliphatic rings. The summed E-state index contributed by atoms with van der Waals surface area (Å²) in [5.41, 5.74) is 1.02. The van der Waals surface area contributed by atoms with E-state index in [1.165, 1.54) is 37.0 Å². The number of nitrogens with zero attached hydrogens (tertiary/aromatic N) is 2. The maximum absolute atomic E-state index is 10.4. The third-order valence-corrected chi connectivity index (χ3v) is 6.41. The summed E-state index contributed by atoms with van der Waals surface area (Å²) in [6.45, 7) is 4.06. The fraction of sp³-hybridized carbons (Fsp3) is 0.524. The summed E-state index contributed by atoms with van der Waals surface area (Å²) in [6.07, 6.45) is 9.10. The van der Waals surface area contributed by atoms with E-state index in [1.54, 1.807) is 12.4 Å². The Bertz CT molecular complexity index is 696. The molecule has 0 amide bonds. The Hall–Kier alpha value is -1.92. The van der Waals surface area contributed by atoms with Crippen LogP contribution in [0.5, 0.6) is 0 Å². The van der Waals surface area contributed by atoms with Gasteiger partial charge in [0.2, 0.25) is 0 Å². The van der Waals surface area contributed by atoms with Crippen LogP contribution in [0.25, 0.3) is 0 Å². The lowest BCUT2D eigenvalue weighted by molar-refractivity contribution is 0.180. The molecule has 1 fully saturated rings. The van der Waals surface area contributed by atoms with E-state index >= 15 is 0 Å². The van der Waals surface area contributed by atoms with Crippen molar-refractivity contribution < 1.29 is 5.11 Å². The van der Waals surface area contributed by atoms with Gasteiger partial charge in [-0.3, -0.25) is 9.98 Å². The van der Waals surface area contributed by atoms with E-state index in [0.29, 0.717) is 6.54 Å². The van der Waals surface area contributed by atoms with Gasteiger partial charge in [0.1, 0.15) is 0 Å². The van der Waals surface area contributed by atoms with Crippen molar-refractivity contribution in [1.29, 1.82) is 0 Å². The molecule has 5 nitrogen and oxygen atoms in total. The van der Waals surface area contributed by atoms with Gasteiger partial charge in [-0.25, -0.2) is 0 Å². The van der Waals surface area contributed by atoms with Crippen molar-refractivity contribution >= 4 is 17.3 Å². The first-order chi connectivity index (χ1) is 13.2. The summed E-state index contributed by atoms with van der Waals surface area (Å²) in [6, 6.07) is 8.09. The highest BCUT2D eigenvalue weighted by Crippen LogP contribution is 2.41. The largest absolute Gasteiger partial charge is 0.387 e. The molecule has 2 aromatic rings. The summed E-state index contributed by atoms with van der Waals surface area (Å²) in [4.78, 5) is 10.4. The average molecular weight is 387 g/mol. The quantitative estimate of drug-likeness (QED) is 0.502. The zero-order valence-corrected chi connectivity index (χ0v) is 16.8. The van der Waals surface area contributed by atoms with Crippen molar-refractivity contribution in [1.82, 2.24) is 15.6 Å². The minimum absolute atomic E-state index is 0.165. The summed E-state index contributed by atoms with van der Waals surface area (Å²) in [5.74, 6) is 0.770. The van der Waals surface area contributed by atoms with Crippen LogP contribution in [0.4, 0.5) is 0 Å². The molecule has 0 aliphatic heterocycles. The minimum atomic E-state index is -0.585. The molecule has 0 spiro atoms. The van der Waals surface area contributed by atoms with Crippen LogP contribution in [0.2, 0.25) is 0 Å². The predicted octanol–water partition coefficient (Wildman–Crippen LogP) is 3.63. The maximum atomic E-state index is 10.4. The summed E-state index contributed by atoms with van der Waals surface area (Å²) in [5, 5.41) is 19.2. The molecule has 1 atom stereocenters. The number of aliphatic hydroxyl groups excluding tert-OH is 1. The van der Waals surface area contributed by atoms with Crippen LogP contribution in [0, 0.1) is 0 Å². The number of hydrogen-bond donors (Lipinski definition) is 3. The molecule has 1 unspecified atom stereocenters. The molecule has 1 saturated carbocycles. The number of guanidine groups is 1. The summed E-state index contributed by atoms with van der Waals surface area (Å²) in [7, 11) is 0. The molecule has 27 heavy (non-hydrogen) atoms. The van der Waals surface area contributed by atoms with E-state index < -0.39 is 6.10 Å². The Kier molecular flexibility index (Phi) is 7.24. The predicted molar refractivity (Wildman–Crippen MR) is 112 cm³/mol. The van der Waals surface area contributed by atoms with Gasteiger partial charge < -0.3 is 15.7 Å². The Labute approximate surface area is 166 Å². The number of aliphatic imine (C=N–C) groups is 1. The molecule has 6 heteroatoms. The van der Waals surface area contributed by atoms with E-state index in [0.717, 1.165) is 24.6 Å². The lowest BCUT2D eigenvalue weighted by Gasteiger charge is -2.35. The molecular formula is C21H30N4OS. The van der Waals surface area contributed by atoms with Crippen LogP contribution in [-0.2, 0) is 5.41 Å². The molecule has 2 heterocycles. The second kappa shape index (κ2) is 9.85. The molecule has 1 aliphatic carbocycles. The topological polar surface area (TPSA) is 69.5 Å². The number of aliphatic hydroxyl groups is 1. The molecule has 146 valence electrons. The fourth-order valence-electron chi connectivity index (χ4n) is 3.76. The van der Waals surface area contributed by atoms with E-state index in [9.17, 15) is 5.11 Å². The number of aromatic nitrogens is 1. The van der Waals surface area contributed by atoms with Gasteiger partial charge in [0, 0.05) is 35.8 Å². The Morgan fingerprint density at radius 2 is 2.00 bits per heavy atom. The molecule has 0 bridgehead atoms. The van der Waals surface area contributed by atoms with Crippen molar-refractivity contribution in [3.8, 4) is 0 Å². The lowest BCUT2D eigenvalue weighted by Crippen LogP contribution is -2.41. The Balaban J connectivity index is 1.67. The number of thiophene rings is 1. The van der Waals surface area contributed by atoms with Gasteiger partial charge in [-0.05, 0) is 48.9 Å². The second-order valence-electron chi connectivity index (χ2n) is 7.19. The van der Waals surface area contributed by atoms with Crippen molar-refractivity contribution in [3.63, 3.8) is 0 Å². The maximum Gasteiger partial charge on any atom is 0.191 e. The van der Waals surface area contributed by atoms with Gasteiger partial charge >= 0.3 is 0 Å². The van der Waals surface area contributed by atoms with Gasteiger partial charge in [0.05, 0.1) is 12.6 Å². The van der Waals surface area contributed by atoms with E-state index in [4.69, 9.17) is 4.99 Å². The molecule has 2 aromatic heterocycles. The molecule has 3 rings (SSSR count). The zero-order chi connectivity index (χ0) is 19.0.